The molecule has 0 spiro atoms. The predicted molar refractivity (Wildman–Crippen MR) is 76.0 cm³/mol. The molecule has 0 radical (unpaired) electrons. The first kappa shape index (κ1) is 12.5. The van der Waals surface area contributed by atoms with Gasteiger partial charge in [-0.15, -0.1) is 0 Å². The SMILES string of the molecule is CC(NC1CCN2CCC1C2)c1ccc(Cl)cc1. The van der Waals surface area contributed by atoms with Gasteiger partial charge in [0.25, 0.3) is 0 Å². The molecule has 4 unspecified atom stereocenters. The van der Waals surface area contributed by atoms with Gasteiger partial charge in [0.05, 0.1) is 0 Å². The summed E-state index contributed by atoms with van der Waals surface area (Å²) in [5.41, 5.74) is 1.33. The fourth-order valence-electron chi connectivity index (χ4n) is 3.34. The van der Waals surface area contributed by atoms with Gasteiger partial charge in [0, 0.05) is 23.7 Å². The summed E-state index contributed by atoms with van der Waals surface area (Å²) in [6.07, 6.45) is 2.66. The summed E-state index contributed by atoms with van der Waals surface area (Å²) in [5, 5.41) is 4.63. The zero-order valence-electron chi connectivity index (χ0n) is 10.9. The fraction of sp³-hybridized carbons (Fsp3) is 0.600. The van der Waals surface area contributed by atoms with Crippen LogP contribution in [0.5, 0.6) is 0 Å². The Bertz CT molecular complexity index is 403. The van der Waals surface area contributed by atoms with Crippen molar-refractivity contribution in [1.82, 2.24) is 10.2 Å². The molecule has 2 aliphatic rings. The number of hydrogen-bond acceptors (Lipinski definition) is 2. The maximum atomic E-state index is 5.93. The molecule has 2 fully saturated rings. The maximum Gasteiger partial charge on any atom is 0.0406 e. The van der Waals surface area contributed by atoms with Crippen molar-refractivity contribution in [2.24, 2.45) is 5.92 Å². The number of fused-ring (bicyclic) bond motifs is 2. The first-order valence-electron chi connectivity index (χ1n) is 6.96. The molecule has 3 heteroatoms. The maximum absolute atomic E-state index is 5.93. The van der Waals surface area contributed by atoms with Gasteiger partial charge in [-0.25, -0.2) is 0 Å². The van der Waals surface area contributed by atoms with E-state index in [0.717, 1.165) is 10.9 Å². The molecule has 98 valence electrons. The van der Waals surface area contributed by atoms with E-state index in [1.807, 2.05) is 12.1 Å². The lowest BCUT2D eigenvalue weighted by molar-refractivity contribution is 0.212. The second kappa shape index (κ2) is 5.20. The number of nitrogens with zero attached hydrogens (tertiary/aromatic N) is 1. The Kier molecular flexibility index (Phi) is 3.60. The van der Waals surface area contributed by atoms with Crippen LogP contribution < -0.4 is 5.32 Å². The lowest BCUT2D eigenvalue weighted by Crippen LogP contribution is -2.44. The smallest absolute Gasteiger partial charge is 0.0406 e. The highest BCUT2D eigenvalue weighted by molar-refractivity contribution is 6.30. The molecule has 0 aliphatic carbocycles. The van der Waals surface area contributed by atoms with Crippen molar-refractivity contribution >= 4 is 11.6 Å². The predicted octanol–water partition coefficient (Wildman–Crippen LogP) is 3.08. The van der Waals surface area contributed by atoms with Crippen LogP contribution in [0.4, 0.5) is 0 Å². The Labute approximate surface area is 114 Å². The van der Waals surface area contributed by atoms with Crippen LogP contribution in [0.1, 0.15) is 31.4 Å². The van der Waals surface area contributed by atoms with Crippen molar-refractivity contribution in [1.29, 1.82) is 0 Å². The quantitative estimate of drug-likeness (QED) is 0.903. The van der Waals surface area contributed by atoms with E-state index in [-0.39, 0.29) is 0 Å². The molecular weight excluding hydrogens is 244 g/mol. The molecule has 2 nitrogen and oxygen atoms in total. The van der Waals surface area contributed by atoms with Crippen LogP contribution in [0.3, 0.4) is 0 Å². The van der Waals surface area contributed by atoms with Gasteiger partial charge in [0.2, 0.25) is 0 Å². The van der Waals surface area contributed by atoms with E-state index < -0.39 is 0 Å². The van der Waals surface area contributed by atoms with Crippen LogP contribution >= 0.6 is 11.6 Å². The first-order chi connectivity index (χ1) is 8.72. The summed E-state index contributed by atoms with van der Waals surface area (Å²) < 4.78 is 0. The molecule has 0 aromatic heterocycles. The van der Waals surface area contributed by atoms with Gasteiger partial charge in [0.1, 0.15) is 0 Å². The minimum Gasteiger partial charge on any atom is -0.307 e. The fourth-order valence-corrected chi connectivity index (χ4v) is 3.47. The van der Waals surface area contributed by atoms with Crippen molar-refractivity contribution in [3.05, 3.63) is 34.9 Å². The normalized spacial score (nSPS) is 32.4. The lowest BCUT2D eigenvalue weighted by Gasteiger charge is -2.33. The number of piperidine rings is 1. The molecule has 2 bridgehead atoms. The van der Waals surface area contributed by atoms with Crippen LogP contribution in [-0.4, -0.2) is 30.6 Å². The summed E-state index contributed by atoms with van der Waals surface area (Å²) in [4.78, 5) is 2.59. The molecule has 3 rings (SSSR count). The number of rotatable bonds is 3. The van der Waals surface area contributed by atoms with E-state index in [9.17, 15) is 0 Å². The average molecular weight is 265 g/mol. The van der Waals surface area contributed by atoms with Crippen LogP contribution in [0.15, 0.2) is 24.3 Å². The minimum absolute atomic E-state index is 0.416. The lowest BCUT2D eigenvalue weighted by atomic mass is 9.93. The average Bonchev–Trinajstić information content (AvgIpc) is 2.76. The highest BCUT2D eigenvalue weighted by atomic mass is 35.5. The van der Waals surface area contributed by atoms with Crippen LogP contribution in [0.2, 0.25) is 5.02 Å². The Hall–Kier alpha value is -0.570. The molecule has 1 aromatic rings. The molecule has 0 saturated carbocycles. The largest absolute Gasteiger partial charge is 0.307 e. The zero-order valence-corrected chi connectivity index (χ0v) is 11.7. The zero-order chi connectivity index (χ0) is 12.5. The number of nitrogens with one attached hydrogen (secondary N) is 1. The summed E-state index contributed by atoms with van der Waals surface area (Å²) in [6.45, 7) is 6.12. The molecule has 2 heterocycles. The van der Waals surface area contributed by atoms with Gasteiger partial charge in [-0.05, 0) is 56.5 Å². The summed E-state index contributed by atoms with van der Waals surface area (Å²) >= 11 is 5.93. The minimum atomic E-state index is 0.416. The second-order valence-electron chi connectivity index (χ2n) is 5.68. The molecule has 0 amide bonds. The van der Waals surface area contributed by atoms with E-state index in [2.05, 4.69) is 29.3 Å². The topological polar surface area (TPSA) is 15.3 Å². The van der Waals surface area contributed by atoms with Crippen molar-refractivity contribution in [2.75, 3.05) is 19.6 Å². The van der Waals surface area contributed by atoms with E-state index in [1.54, 1.807) is 0 Å². The van der Waals surface area contributed by atoms with Crippen molar-refractivity contribution < 1.29 is 0 Å². The second-order valence-corrected chi connectivity index (χ2v) is 6.12. The summed E-state index contributed by atoms with van der Waals surface area (Å²) in [5.74, 6) is 0.855. The molecule has 18 heavy (non-hydrogen) atoms. The highest BCUT2D eigenvalue weighted by Crippen LogP contribution is 2.29. The standard InChI is InChI=1S/C15H21ClN2/c1-11(12-2-4-14(16)5-3-12)17-15-7-9-18-8-6-13(15)10-18/h2-5,11,13,15,17H,6-10H2,1H3. The van der Waals surface area contributed by atoms with Gasteiger partial charge in [0.15, 0.2) is 0 Å². The third kappa shape index (κ3) is 2.56. The van der Waals surface area contributed by atoms with Crippen LogP contribution in [0, 0.1) is 5.92 Å². The molecule has 4 atom stereocenters. The van der Waals surface area contributed by atoms with Gasteiger partial charge in [-0.1, -0.05) is 23.7 Å². The summed E-state index contributed by atoms with van der Waals surface area (Å²) in [7, 11) is 0. The Morgan fingerprint density at radius 1 is 1.22 bits per heavy atom. The van der Waals surface area contributed by atoms with E-state index in [0.29, 0.717) is 12.1 Å². The van der Waals surface area contributed by atoms with Gasteiger partial charge >= 0.3 is 0 Å². The molecule has 1 N–H and O–H groups in total. The van der Waals surface area contributed by atoms with Gasteiger partial charge < -0.3 is 10.2 Å². The molecule has 2 aliphatic heterocycles. The number of halogens is 1. The number of benzene rings is 1. The van der Waals surface area contributed by atoms with Crippen molar-refractivity contribution in [2.45, 2.75) is 31.8 Å². The van der Waals surface area contributed by atoms with E-state index in [4.69, 9.17) is 11.6 Å². The van der Waals surface area contributed by atoms with Crippen molar-refractivity contribution in [3.8, 4) is 0 Å². The van der Waals surface area contributed by atoms with Gasteiger partial charge in [-0.3, -0.25) is 0 Å². The number of hydrogen-bond donors (Lipinski definition) is 1. The third-order valence-electron chi connectivity index (χ3n) is 4.47. The Morgan fingerprint density at radius 3 is 2.72 bits per heavy atom. The van der Waals surface area contributed by atoms with Gasteiger partial charge in [-0.2, -0.15) is 0 Å². The van der Waals surface area contributed by atoms with Crippen LogP contribution in [0.25, 0.3) is 0 Å². The Morgan fingerprint density at radius 2 is 1.94 bits per heavy atom. The molecule has 2 saturated heterocycles. The third-order valence-corrected chi connectivity index (χ3v) is 4.72. The Balaban J connectivity index is 1.63. The van der Waals surface area contributed by atoms with E-state index >= 15 is 0 Å². The van der Waals surface area contributed by atoms with Crippen LogP contribution in [-0.2, 0) is 0 Å². The van der Waals surface area contributed by atoms with Crippen molar-refractivity contribution in [3.63, 3.8) is 0 Å². The molecular formula is C15H21ClN2. The first-order valence-corrected chi connectivity index (χ1v) is 7.34. The summed E-state index contributed by atoms with van der Waals surface area (Å²) in [6, 6.07) is 9.32. The molecule has 1 aromatic carbocycles. The monoisotopic (exact) mass is 264 g/mol. The highest BCUT2D eigenvalue weighted by Gasteiger charge is 2.34. The van der Waals surface area contributed by atoms with E-state index in [1.165, 1.54) is 38.0 Å².